The van der Waals surface area contributed by atoms with Crippen LogP contribution in [-0.2, 0) is 20.9 Å². The predicted octanol–water partition coefficient (Wildman–Crippen LogP) is 2.99. The van der Waals surface area contributed by atoms with Gasteiger partial charge in [0.1, 0.15) is 11.5 Å². The first kappa shape index (κ1) is 31.9. The molecule has 1 aliphatic rings. The second-order valence-electron chi connectivity index (χ2n) is 10.7. The molecule has 9 nitrogen and oxygen atoms in total. The standard InChI is InChI=1S/C29H49N3O6/c1-7-21(4)32(18-22-12-26(37-6)15-27(13-22)38-10-8-9-36-5)29(35)24-14-23(16-30-17-24)28(34)31-25(19-33)11-20(2)3/h12-13,15,20-21,23-25,30,33H,7-11,14,16-19H2,1-6H3,(H,31,34)/t21-,23+,24-,25?/m1/s1. The zero-order valence-electron chi connectivity index (χ0n) is 24.1. The van der Waals surface area contributed by atoms with Gasteiger partial charge in [0.05, 0.1) is 38.2 Å². The van der Waals surface area contributed by atoms with E-state index in [0.29, 0.717) is 63.1 Å². The fourth-order valence-corrected chi connectivity index (χ4v) is 4.82. The van der Waals surface area contributed by atoms with Crippen molar-refractivity contribution in [3.05, 3.63) is 23.8 Å². The summed E-state index contributed by atoms with van der Waals surface area (Å²) >= 11 is 0. The van der Waals surface area contributed by atoms with Crippen molar-refractivity contribution in [1.29, 1.82) is 0 Å². The number of aliphatic hydroxyl groups excluding tert-OH is 1. The molecule has 0 aliphatic carbocycles. The number of amides is 2. The van der Waals surface area contributed by atoms with Crippen molar-refractivity contribution in [2.75, 3.05) is 47.1 Å². The lowest BCUT2D eigenvalue weighted by Crippen LogP contribution is -2.52. The van der Waals surface area contributed by atoms with Crippen molar-refractivity contribution in [2.45, 2.75) is 72.0 Å². The molecule has 0 saturated carbocycles. The molecule has 1 heterocycles. The van der Waals surface area contributed by atoms with Gasteiger partial charge in [0.25, 0.3) is 0 Å². The van der Waals surface area contributed by atoms with Gasteiger partial charge in [-0.15, -0.1) is 0 Å². The summed E-state index contributed by atoms with van der Waals surface area (Å²) in [5.74, 6) is 1.05. The van der Waals surface area contributed by atoms with Crippen LogP contribution in [0.3, 0.4) is 0 Å². The Balaban J connectivity index is 2.13. The van der Waals surface area contributed by atoms with Crippen LogP contribution in [0, 0.1) is 17.8 Å². The van der Waals surface area contributed by atoms with E-state index in [-0.39, 0.29) is 42.3 Å². The third-order valence-corrected chi connectivity index (χ3v) is 7.09. The van der Waals surface area contributed by atoms with Crippen LogP contribution in [-0.4, -0.2) is 81.0 Å². The summed E-state index contributed by atoms with van der Waals surface area (Å²) in [5.41, 5.74) is 0.928. The van der Waals surface area contributed by atoms with Crippen molar-refractivity contribution < 1.29 is 28.9 Å². The quantitative estimate of drug-likeness (QED) is 0.279. The Morgan fingerprint density at radius 1 is 1.11 bits per heavy atom. The number of carbonyl (C=O) groups excluding carboxylic acids is 2. The second-order valence-corrected chi connectivity index (χ2v) is 10.7. The maximum absolute atomic E-state index is 13.8. The molecule has 1 aromatic rings. The van der Waals surface area contributed by atoms with E-state index in [1.807, 2.05) is 23.1 Å². The molecule has 0 bridgehead atoms. The molecule has 0 spiro atoms. The molecule has 0 aromatic heterocycles. The molecule has 1 fully saturated rings. The Labute approximate surface area is 228 Å². The summed E-state index contributed by atoms with van der Waals surface area (Å²) in [6, 6.07) is 5.49. The lowest BCUT2D eigenvalue weighted by Gasteiger charge is -2.36. The first-order valence-electron chi connectivity index (χ1n) is 13.9. The average molecular weight is 536 g/mol. The van der Waals surface area contributed by atoms with Gasteiger partial charge in [0.15, 0.2) is 0 Å². The molecule has 38 heavy (non-hydrogen) atoms. The number of nitrogens with zero attached hydrogens (tertiary/aromatic N) is 1. The normalized spacial score (nSPS) is 19.1. The molecule has 216 valence electrons. The van der Waals surface area contributed by atoms with Gasteiger partial charge in [0.2, 0.25) is 11.8 Å². The highest BCUT2D eigenvalue weighted by atomic mass is 16.5. The highest BCUT2D eigenvalue weighted by Crippen LogP contribution is 2.27. The largest absolute Gasteiger partial charge is 0.497 e. The van der Waals surface area contributed by atoms with E-state index in [9.17, 15) is 14.7 Å². The summed E-state index contributed by atoms with van der Waals surface area (Å²) in [6.07, 6.45) is 2.79. The molecule has 9 heteroatoms. The summed E-state index contributed by atoms with van der Waals surface area (Å²) in [7, 11) is 3.28. The third-order valence-electron chi connectivity index (χ3n) is 7.09. The lowest BCUT2D eigenvalue weighted by molar-refractivity contribution is -0.140. The van der Waals surface area contributed by atoms with Crippen molar-refractivity contribution in [3.63, 3.8) is 0 Å². The number of aliphatic hydroxyl groups is 1. The summed E-state index contributed by atoms with van der Waals surface area (Å²) in [6.45, 7) is 10.8. The van der Waals surface area contributed by atoms with Crippen molar-refractivity contribution in [2.24, 2.45) is 17.8 Å². The SMILES string of the molecule is CC[C@@H](C)N(Cc1cc(OC)cc(OCCCOC)c1)C(=O)[C@H]1CNC[C@@H](C(=O)NC(CO)CC(C)C)C1. The fraction of sp³-hybridized carbons (Fsp3) is 0.724. The molecule has 4 atom stereocenters. The van der Waals surface area contributed by atoms with E-state index in [1.54, 1.807) is 14.2 Å². The van der Waals surface area contributed by atoms with Gasteiger partial charge in [0, 0.05) is 51.9 Å². The molecule has 1 aromatic carbocycles. The van der Waals surface area contributed by atoms with Crippen LogP contribution in [0.25, 0.3) is 0 Å². The number of ether oxygens (including phenoxy) is 3. The molecule has 2 amide bonds. The molecule has 3 N–H and O–H groups in total. The number of rotatable bonds is 16. The van der Waals surface area contributed by atoms with Gasteiger partial charge >= 0.3 is 0 Å². The Morgan fingerprint density at radius 2 is 1.82 bits per heavy atom. The van der Waals surface area contributed by atoms with Crippen LogP contribution < -0.4 is 20.1 Å². The highest BCUT2D eigenvalue weighted by molar-refractivity contribution is 5.83. The first-order chi connectivity index (χ1) is 18.2. The predicted molar refractivity (Wildman–Crippen MR) is 148 cm³/mol. The number of carbonyl (C=O) groups is 2. The van der Waals surface area contributed by atoms with E-state index < -0.39 is 0 Å². The topological polar surface area (TPSA) is 109 Å². The number of nitrogens with one attached hydrogen (secondary N) is 2. The van der Waals surface area contributed by atoms with Gasteiger partial charge < -0.3 is 34.9 Å². The Hall–Kier alpha value is -2.36. The van der Waals surface area contributed by atoms with Crippen LogP contribution in [0.15, 0.2) is 18.2 Å². The Bertz CT molecular complexity index is 865. The van der Waals surface area contributed by atoms with Crippen LogP contribution >= 0.6 is 0 Å². The van der Waals surface area contributed by atoms with Crippen molar-refractivity contribution in [1.82, 2.24) is 15.5 Å². The molecule has 0 radical (unpaired) electrons. The van der Waals surface area contributed by atoms with Gasteiger partial charge in [-0.3, -0.25) is 9.59 Å². The second kappa shape index (κ2) is 16.6. The van der Waals surface area contributed by atoms with E-state index >= 15 is 0 Å². The molecule has 2 rings (SSSR count). The smallest absolute Gasteiger partial charge is 0.227 e. The monoisotopic (exact) mass is 535 g/mol. The zero-order valence-corrected chi connectivity index (χ0v) is 24.1. The van der Waals surface area contributed by atoms with Gasteiger partial charge in [-0.2, -0.15) is 0 Å². The zero-order chi connectivity index (χ0) is 28.1. The summed E-state index contributed by atoms with van der Waals surface area (Å²) in [5, 5.41) is 16.0. The van der Waals surface area contributed by atoms with Gasteiger partial charge in [-0.1, -0.05) is 20.8 Å². The molecular weight excluding hydrogens is 486 g/mol. The van der Waals surface area contributed by atoms with E-state index in [0.717, 1.165) is 18.4 Å². The van der Waals surface area contributed by atoms with Crippen molar-refractivity contribution in [3.8, 4) is 11.5 Å². The molecular formula is C29H49N3O6. The minimum absolute atomic E-state index is 0.0267. The number of benzene rings is 1. The van der Waals surface area contributed by atoms with Gasteiger partial charge in [-0.05, 0) is 49.8 Å². The Morgan fingerprint density at radius 3 is 2.45 bits per heavy atom. The summed E-state index contributed by atoms with van der Waals surface area (Å²) < 4.78 is 16.5. The molecule has 1 unspecified atom stereocenters. The molecule has 1 saturated heterocycles. The van der Waals surface area contributed by atoms with E-state index in [1.165, 1.54) is 0 Å². The number of piperidine rings is 1. The van der Waals surface area contributed by atoms with Crippen molar-refractivity contribution >= 4 is 11.8 Å². The summed E-state index contributed by atoms with van der Waals surface area (Å²) in [4.78, 5) is 28.7. The van der Waals surface area contributed by atoms with E-state index in [4.69, 9.17) is 14.2 Å². The van der Waals surface area contributed by atoms with Crippen LogP contribution in [0.5, 0.6) is 11.5 Å². The van der Waals surface area contributed by atoms with Crippen LogP contribution in [0.2, 0.25) is 0 Å². The Kier molecular flexibility index (Phi) is 13.9. The average Bonchev–Trinajstić information content (AvgIpc) is 2.92. The number of hydrogen-bond acceptors (Lipinski definition) is 7. The highest BCUT2D eigenvalue weighted by Gasteiger charge is 2.35. The fourth-order valence-electron chi connectivity index (χ4n) is 4.82. The maximum atomic E-state index is 13.8. The maximum Gasteiger partial charge on any atom is 0.227 e. The van der Waals surface area contributed by atoms with E-state index in [2.05, 4.69) is 38.3 Å². The first-order valence-corrected chi connectivity index (χ1v) is 13.9. The lowest BCUT2D eigenvalue weighted by atomic mass is 9.88. The number of hydrogen-bond donors (Lipinski definition) is 3. The molecule has 1 aliphatic heterocycles. The third kappa shape index (κ3) is 10.1. The number of methoxy groups -OCH3 is 2. The minimum atomic E-state index is -0.318. The van der Waals surface area contributed by atoms with Gasteiger partial charge in [-0.25, -0.2) is 0 Å². The van der Waals surface area contributed by atoms with Crippen LogP contribution in [0.1, 0.15) is 58.9 Å². The van der Waals surface area contributed by atoms with Crippen LogP contribution in [0.4, 0.5) is 0 Å². The minimum Gasteiger partial charge on any atom is -0.497 e.